The van der Waals surface area contributed by atoms with Crippen LogP contribution in [-0.2, 0) is 4.79 Å². The summed E-state index contributed by atoms with van der Waals surface area (Å²) >= 11 is 0. The average Bonchev–Trinajstić information content (AvgIpc) is 2.66. The van der Waals surface area contributed by atoms with Crippen LogP contribution in [0.4, 0.5) is 0 Å². The van der Waals surface area contributed by atoms with Crippen molar-refractivity contribution >= 4 is 5.97 Å². The van der Waals surface area contributed by atoms with Crippen molar-refractivity contribution in [2.45, 2.75) is 79.1 Å². The molecule has 1 aliphatic rings. The summed E-state index contributed by atoms with van der Waals surface area (Å²) in [6.07, 6.45) is 11.7. The molecule has 4 heteroatoms. The third-order valence-electron chi connectivity index (χ3n) is 5.01. The number of aliphatic carboxylic acids is 1. The minimum absolute atomic E-state index is 0.0187. The standard InChI is InChI=1S/C15H24O.C11H17NO2/c1-3-4-5-6-7-8-13-16-15-11-9-14(2)10-12-15;1-8-4-9(12-7-10(13)14)6-11(2,3)5-8/h9-12H,3-8,13H2,1-2H3;4,12H,1,5-7H2,2-3H3,(H,13,14). The number of hydrogen-bond acceptors (Lipinski definition) is 3. The van der Waals surface area contributed by atoms with E-state index in [-0.39, 0.29) is 12.0 Å². The number of benzene rings is 1. The molecule has 0 saturated carbocycles. The van der Waals surface area contributed by atoms with Crippen molar-refractivity contribution in [1.29, 1.82) is 0 Å². The number of ether oxygens (including phenoxy) is 1. The maximum atomic E-state index is 10.4. The van der Waals surface area contributed by atoms with Gasteiger partial charge in [0.1, 0.15) is 12.3 Å². The van der Waals surface area contributed by atoms with Crippen LogP contribution in [0.2, 0.25) is 0 Å². The molecule has 0 atom stereocenters. The number of carbonyl (C=O) groups is 1. The Hall–Kier alpha value is -2.23. The fourth-order valence-electron chi connectivity index (χ4n) is 3.55. The topological polar surface area (TPSA) is 58.6 Å². The molecule has 0 fully saturated rings. The molecule has 0 amide bonds. The Balaban J connectivity index is 0.000000303. The minimum Gasteiger partial charge on any atom is -0.494 e. The van der Waals surface area contributed by atoms with Crippen molar-refractivity contribution in [3.63, 3.8) is 0 Å². The number of rotatable bonds is 11. The summed E-state index contributed by atoms with van der Waals surface area (Å²) in [5.74, 6) is 0.166. The van der Waals surface area contributed by atoms with Crippen molar-refractivity contribution in [2.75, 3.05) is 13.2 Å². The van der Waals surface area contributed by atoms with Gasteiger partial charge in [0.15, 0.2) is 0 Å². The minimum atomic E-state index is -0.833. The lowest BCUT2D eigenvalue weighted by molar-refractivity contribution is -0.135. The SMILES string of the molecule is C=C1C=C(NCC(=O)O)CC(C)(C)C1.CCCCCCCCOc1ccc(C)cc1. The van der Waals surface area contributed by atoms with Crippen molar-refractivity contribution in [1.82, 2.24) is 5.32 Å². The van der Waals surface area contributed by atoms with Gasteiger partial charge in [-0.1, -0.05) is 82.7 Å². The first-order valence-corrected chi connectivity index (χ1v) is 11.3. The molecule has 0 radical (unpaired) electrons. The Morgan fingerprint density at radius 1 is 1.10 bits per heavy atom. The van der Waals surface area contributed by atoms with Crippen molar-refractivity contribution in [3.8, 4) is 5.75 Å². The highest BCUT2D eigenvalue weighted by Crippen LogP contribution is 2.36. The molecule has 1 aromatic carbocycles. The molecule has 1 aliphatic carbocycles. The van der Waals surface area contributed by atoms with Crippen LogP contribution in [0, 0.1) is 12.3 Å². The lowest BCUT2D eigenvalue weighted by Crippen LogP contribution is -2.28. The first kappa shape index (κ1) is 25.8. The summed E-state index contributed by atoms with van der Waals surface area (Å²) in [7, 11) is 0. The number of carboxylic acids is 1. The molecule has 2 N–H and O–H groups in total. The van der Waals surface area contributed by atoms with Gasteiger partial charge in [-0.25, -0.2) is 0 Å². The Labute approximate surface area is 183 Å². The van der Waals surface area contributed by atoms with Crippen LogP contribution in [0.3, 0.4) is 0 Å². The summed E-state index contributed by atoms with van der Waals surface area (Å²) < 4.78 is 5.67. The third kappa shape index (κ3) is 12.4. The molecular formula is C26H41NO3. The molecule has 2 rings (SSSR count). The second kappa shape index (κ2) is 13.9. The number of allylic oxidation sites excluding steroid dienone is 3. The van der Waals surface area contributed by atoms with Gasteiger partial charge < -0.3 is 15.2 Å². The van der Waals surface area contributed by atoms with Crippen LogP contribution in [0.25, 0.3) is 0 Å². The summed E-state index contributed by atoms with van der Waals surface area (Å²) in [5, 5.41) is 11.4. The maximum absolute atomic E-state index is 10.4. The quantitative estimate of drug-likeness (QED) is 0.397. The zero-order valence-electron chi connectivity index (χ0n) is 19.4. The zero-order valence-corrected chi connectivity index (χ0v) is 19.4. The third-order valence-corrected chi connectivity index (χ3v) is 5.01. The smallest absolute Gasteiger partial charge is 0.322 e. The summed E-state index contributed by atoms with van der Waals surface area (Å²) in [4.78, 5) is 10.4. The molecule has 0 aromatic heterocycles. The summed E-state index contributed by atoms with van der Waals surface area (Å²) in [6, 6.07) is 8.28. The van der Waals surface area contributed by atoms with E-state index in [9.17, 15) is 4.79 Å². The zero-order chi connectivity index (χ0) is 22.4. The van der Waals surface area contributed by atoms with Gasteiger partial charge in [0.2, 0.25) is 0 Å². The van der Waals surface area contributed by atoms with Gasteiger partial charge in [-0.15, -0.1) is 0 Å². The van der Waals surface area contributed by atoms with Crippen molar-refractivity contribution in [2.24, 2.45) is 5.41 Å². The van der Waals surface area contributed by atoms with E-state index in [0.717, 1.165) is 36.5 Å². The molecule has 0 spiro atoms. The molecule has 0 bridgehead atoms. The molecular weight excluding hydrogens is 374 g/mol. The van der Waals surface area contributed by atoms with Crippen LogP contribution in [0.15, 0.2) is 48.2 Å². The Bertz CT molecular complexity index is 674. The van der Waals surface area contributed by atoms with Gasteiger partial charge in [0.25, 0.3) is 0 Å². The molecule has 168 valence electrons. The highest BCUT2D eigenvalue weighted by Gasteiger charge is 2.24. The largest absolute Gasteiger partial charge is 0.494 e. The van der Waals surface area contributed by atoms with E-state index in [2.05, 4.69) is 51.7 Å². The monoisotopic (exact) mass is 415 g/mol. The van der Waals surface area contributed by atoms with E-state index in [0.29, 0.717) is 0 Å². The molecule has 1 aromatic rings. The van der Waals surface area contributed by atoms with Crippen LogP contribution < -0.4 is 10.1 Å². The Morgan fingerprint density at radius 2 is 1.73 bits per heavy atom. The summed E-state index contributed by atoms with van der Waals surface area (Å²) in [5.41, 5.74) is 3.52. The lowest BCUT2D eigenvalue weighted by atomic mass is 9.77. The highest BCUT2D eigenvalue weighted by molar-refractivity contribution is 5.69. The van der Waals surface area contributed by atoms with E-state index in [1.54, 1.807) is 0 Å². The van der Waals surface area contributed by atoms with Gasteiger partial charge >= 0.3 is 5.97 Å². The number of unbranched alkanes of at least 4 members (excludes halogenated alkanes) is 5. The first-order chi connectivity index (χ1) is 14.2. The van der Waals surface area contributed by atoms with E-state index in [4.69, 9.17) is 9.84 Å². The fourth-order valence-corrected chi connectivity index (χ4v) is 3.55. The normalized spacial score (nSPS) is 14.9. The molecule has 4 nitrogen and oxygen atoms in total. The van der Waals surface area contributed by atoms with Gasteiger partial charge in [-0.2, -0.15) is 0 Å². The maximum Gasteiger partial charge on any atom is 0.322 e. The fraction of sp³-hybridized carbons (Fsp3) is 0.577. The predicted molar refractivity (Wildman–Crippen MR) is 126 cm³/mol. The Kier molecular flexibility index (Phi) is 12.0. The predicted octanol–water partition coefficient (Wildman–Crippen LogP) is 6.66. The van der Waals surface area contributed by atoms with Crippen LogP contribution in [-0.4, -0.2) is 24.2 Å². The van der Waals surface area contributed by atoms with E-state index in [1.165, 1.54) is 44.1 Å². The average molecular weight is 416 g/mol. The highest BCUT2D eigenvalue weighted by atomic mass is 16.5. The van der Waals surface area contributed by atoms with Crippen LogP contribution in [0.5, 0.6) is 5.75 Å². The van der Waals surface area contributed by atoms with E-state index >= 15 is 0 Å². The van der Waals surface area contributed by atoms with E-state index in [1.807, 2.05) is 18.2 Å². The van der Waals surface area contributed by atoms with Crippen LogP contribution >= 0.6 is 0 Å². The van der Waals surface area contributed by atoms with Crippen molar-refractivity contribution < 1.29 is 14.6 Å². The molecule has 0 heterocycles. The van der Waals surface area contributed by atoms with Crippen molar-refractivity contribution in [3.05, 3.63) is 53.8 Å². The van der Waals surface area contributed by atoms with Crippen LogP contribution in [0.1, 0.15) is 77.7 Å². The Morgan fingerprint density at radius 3 is 2.33 bits per heavy atom. The second-order valence-electron chi connectivity index (χ2n) is 9.02. The number of nitrogens with one attached hydrogen (secondary N) is 1. The number of hydrogen-bond donors (Lipinski definition) is 2. The summed E-state index contributed by atoms with van der Waals surface area (Å²) in [6.45, 7) is 13.4. The molecule has 0 unspecified atom stereocenters. The first-order valence-electron chi connectivity index (χ1n) is 11.3. The number of aryl methyl sites for hydroxylation is 1. The molecule has 0 aliphatic heterocycles. The lowest BCUT2D eigenvalue weighted by Gasteiger charge is -2.31. The molecule has 30 heavy (non-hydrogen) atoms. The number of carboxylic acid groups (broad SMARTS) is 1. The van der Waals surface area contributed by atoms with E-state index < -0.39 is 5.97 Å². The second-order valence-corrected chi connectivity index (χ2v) is 9.02. The van der Waals surface area contributed by atoms with Gasteiger partial charge in [0, 0.05) is 5.70 Å². The van der Waals surface area contributed by atoms with Gasteiger partial charge in [-0.05, 0) is 49.8 Å². The molecule has 0 saturated heterocycles. The van der Waals surface area contributed by atoms with Gasteiger partial charge in [-0.3, -0.25) is 4.79 Å². The van der Waals surface area contributed by atoms with Gasteiger partial charge in [0.05, 0.1) is 6.61 Å².